The van der Waals surface area contributed by atoms with Gasteiger partial charge in [-0.3, -0.25) is 4.79 Å². The number of amides is 1. The fraction of sp³-hybridized carbons (Fsp3) is 0.429. The zero-order valence-electron chi connectivity index (χ0n) is 17.4. The molecule has 30 heavy (non-hydrogen) atoms. The first kappa shape index (κ1) is 20.2. The highest BCUT2D eigenvalue weighted by Crippen LogP contribution is 2.22. The van der Waals surface area contributed by atoms with E-state index in [1.54, 1.807) is 10.7 Å². The van der Waals surface area contributed by atoms with Crippen molar-refractivity contribution in [3.8, 4) is 17.4 Å². The standard InChI is InChI=1S/C21H26N6O3/c1-13-9-14(2)27(26-13)19-10-18(24-21(25-19)17-7-6-15(3)30-17)23-20(28)12-22-11-16-5-4-8-29-16/h6-7,9-10,16,22H,4-5,8,11-12H2,1-3H3,(H,23,24,25,28)/t16-/m1/s1. The van der Waals surface area contributed by atoms with Gasteiger partial charge in [-0.15, -0.1) is 0 Å². The number of aromatic nitrogens is 4. The smallest absolute Gasteiger partial charge is 0.239 e. The van der Waals surface area contributed by atoms with Gasteiger partial charge in [0.05, 0.1) is 18.3 Å². The molecule has 2 N–H and O–H groups in total. The third kappa shape index (κ3) is 4.74. The molecule has 0 bridgehead atoms. The second-order valence-electron chi connectivity index (χ2n) is 7.50. The summed E-state index contributed by atoms with van der Waals surface area (Å²) < 4.78 is 13.0. The first-order valence-electron chi connectivity index (χ1n) is 10.1. The van der Waals surface area contributed by atoms with Crippen molar-refractivity contribution in [1.29, 1.82) is 0 Å². The average Bonchev–Trinajstić information content (AvgIpc) is 3.43. The number of nitrogens with one attached hydrogen (secondary N) is 2. The van der Waals surface area contributed by atoms with E-state index in [0.717, 1.165) is 36.6 Å². The van der Waals surface area contributed by atoms with Crippen molar-refractivity contribution in [2.24, 2.45) is 0 Å². The zero-order valence-corrected chi connectivity index (χ0v) is 17.4. The Balaban J connectivity index is 1.54. The van der Waals surface area contributed by atoms with E-state index in [0.29, 0.717) is 29.8 Å². The number of carbonyl (C=O) groups excluding carboxylic acids is 1. The number of nitrogens with zero attached hydrogens (tertiary/aromatic N) is 4. The van der Waals surface area contributed by atoms with Gasteiger partial charge in [0, 0.05) is 24.9 Å². The summed E-state index contributed by atoms with van der Waals surface area (Å²) in [5.74, 6) is 2.43. The van der Waals surface area contributed by atoms with Gasteiger partial charge in [-0.05, 0) is 51.8 Å². The quantitative estimate of drug-likeness (QED) is 0.616. The lowest BCUT2D eigenvalue weighted by Crippen LogP contribution is -2.33. The summed E-state index contributed by atoms with van der Waals surface area (Å²) in [6, 6.07) is 7.33. The fourth-order valence-electron chi connectivity index (χ4n) is 3.47. The summed E-state index contributed by atoms with van der Waals surface area (Å²) in [4.78, 5) is 21.5. The number of ether oxygens (including phenoxy) is 1. The molecule has 1 aliphatic heterocycles. The molecule has 1 fully saturated rings. The molecule has 158 valence electrons. The molecule has 3 aromatic rings. The fourth-order valence-corrected chi connectivity index (χ4v) is 3.47. The summed E-state index contributed by atoms with van der Waals surface area (Å²) in [6.45, 7) is 7.36. The summed E-state index contributed by atoms with van der Waals surface area (Å²) in [5.41, 5.74) is 1.81. The molecule has 0 spiro atoms. The van der Waals surface area contributed by atoms with Crippen LogP contribution in [0.3, 0.4) is 0 Å². The molecule has 3 aromatic heterocycles. The zero-order chi connectivity index (χ0) is 21.1. The number of anilines is 1. The lowest BCUT2D eigenvalue weighted by Gasteiger charge is -2.12. The Labute approximate surface area is 174 Å². The normalized spacial score (nSPS) is 16.2. The van der Waals surface area contributed by atoms with Crippen LogP contribution in [0.25, 0.3) is 17.4 Å². The largest absolute Gasteiger partial charge is 0.458 e. The molecular weight excluding hydrogens is 384 g/mol. The maximum Gasteiger partial charge on any atom is 0.239 e. The summed E-state index contributed by atoms with van der Waals surface area (Å²) in [6.07, 6.45) is 2.28. The van der Waals surface area contributed by atoms with Gasteiger partial charge in [-0.25, -0.2) is 14.6 Å². The van der Waals surface area contributed by atoms with Crippen molar-refractivity contribution in [3.05, 3.63) is 41.4 Å². The Bertz CT molecular complexity index is 1040. The van der Waals surface area contributed by atoms with Crippen LogP contribution in [0.15, 0.2) is 28.7 Å². The van der Waals surface area contributed by atoms with Crippen molar-refractivity contribution in [2.75, 3.05) is 25.0 Å². The van der Waals surface area contributed by atoms with Crippen LogP contribution in [0.5, 0.6) is 0 Å². The first-order chi connectivity index (χ1) is 14.5. The molecule has 4 rings (SSSR count). The van der Waals surface area contributed by atoms with E-state index in [4.69, 9.17) is 9.15 Å². The van der Waals surface area contributed by atoms with Gasteiger partial charge in [0.25, 0.3) is 0 Å². The third-order valence-corrected chi connectivity index (χ3v) is 4.85. The highest BCUT2D eigenvalue weighted by Gasteiger charge is 2.17. The van der Waals surface area contributed by atoms with Gasteiger partial charge in [-0.1, -0.05) is 0 Å². The van der Waals surface area contributed by atoms with Crippen molar-refractivity contribution in [3.63, 3.8) is 0 Å². The van der Waals surface area contributed by atoms with E-state index < -0.39 is 0 Å². The summed E-state index contributed by atoms with van der Waals surface area (Å²) in [7, 11) is 0. The topological polar surface area (TPSA) is 107 Å². The Morgan fingerprint density at radius 3 is 2.77 bits per heavy atom. The van der Waals surface area contributed by atoms with Crippen LogP contribution in [-0.4, -0.2) is 51.5 Å². The monoisotopic (exact) mass is 410 g/mol. The summed E-state index contributed by atoms with van der Waals surface area (Å²) >= 11 is 0. The Morgan fingerprint density at radius 2 is 2.10 bits per heavy atom. The van der Waals surface area contributed by atoms with Gasteiger partial charge in [0.15, 0.2) is 17.4 Å². The van der Waals surface area contributed by atoms with Crippen LogP contribution in [-0.2, 0) is 9.53 Å². The van der Waals surface area contributed by atoms with Crippen molar-refractivity contribution in [1.82, 2.24) is 25.1 Å². The molecule has 1 atom stereocenters. The van der Waals surface area contributed by atoms with Gasteiger partial charge < -0.3 is 19.8 Å². The molecule has 9 heteroatoms. The van der Waals surface area contributed by atoms with Gasteiger partial charge >= 0.3 is 0 Å². The van der Waals surface area contributed by atoms with E-state index in [2.05, 4.69) is 25.7 Å². The van der Waals surface area contributed by atoms with E-state index in [9.17, 15) is 4.79 Å². The van der Waals surface area contributed by atoms with Crippen LogP contribution in [0.1, 0.15) is 30.0 Å². The van der Waals surface area contributed by atoms with Crippen molar-refractivity contribution < 1.29 is 13.9 Å². The number of hydrogen-bond acceptors (Lipinski definition) is 7. The van der Waals surface area contributed by atoms with E-state index >= 15 is 0 Å². The van der Waals surface area contributed by atoms with Gasteiger partial charge in [0.2, 0.25) is 5.91 Å². The summed E-state index contributed by atoms with van der Waals surface area (Å²) in [5, 5.41) is 10.5. The van der Waals surface area contributed by atoms with Crippen LogP contribution in [0, 0.1) is 20.8 Å². The number of aryl methyl sites for hydroxylation is 3. The minimum atomic E-state index is -0.187. The molecule has 1 saturated heterocycles. The first-order valence-corrected chi connectivity index (χ1v) is 10.1. The molecule has 4 heterocycles. The molecule has 0 saturated carbocycles. The Kier molecular flexibility index (Phi) is 5.91. The molecule has 9 nitrogen and oxygen atoms in total. The molecule has 0 radical (unpaired) electrons. The third-order valence-electron chi connectivity index (χ3n) is 4.85. The van der Waals surface area contributed by atoms with Crippen molar-refractivity contribution in [2.45, 2.75) is 39.7 Å². The van der Waals surface area contributed by atoms with Crippen LogP contribution >= 0.6 is 0 Å². The predicted molar refractivity (Wildman–Crippen MR) is 112 cm³/mol. The van der Waals surface area contributed by atoms with E-state index in [-0.39, 0.29) is 18.6 Å². The van der Waals surface area contributed by atoms with Crippen LogP contribution < -0.4 is 10.6 Å². The number of hydrogen-bond donors (Lipinski definition) is 2. The second-order valence-corrected chi connectivity index (χ2v) is 7.50. The number of rotatable bonds is 7. The Morgan fingerprint density at radius 1 is 1.23 bits per heavy atom. The van der Waals surface area contributed by atoms with Crippen LogP contribution in [0.4, 0.5) is 5.82 Å². The van der Waals surface area contributed by atoms with E-state index in [1.165, 1.54) is 0 Å². The highest BCUT2D eigenvalue weighted by molar-refractivity contribution is 5.91. The maximum absolute atomic E-state index is 12.4. The number of furan rings is 1. The average molecular weight is 410 g/mol. The van der Waals surface area contributed by atoms with Crippen LogP contribution in [0.2, 0.25) is 0 Å². The minimum absolute atomic E-state index is 0.175. The highest BCUT2D eigenvalue weighted by atomic mass is 16.5. The minimum Gasteiger partial charge on any atom is -0.458 e. The number of carbonyl (C=O) groups is 1. The lowest BCUT2D eigenvalue weighted by molar-refractivity contribution is -0.115. The van der Waals surface area contributed by atoms with Crippen molar-refractivity contribution >= 4 is 11.7 Å². The molecule has 1 aliphatic rings. The molecule has 0 aliphatic carbocycles. The van der Waals surface area contributed by atoms with Gasteiger partial charge in [0.1, 0.15) is 11.6 Å². The molecule has 0 aromatic carbocycles. The SMILES string of the molecule is Cc1cc(C)n(-c2cc(NC(=O)CNC[C@H]3CCCO3)nc(-c3ccc(C)o3)n2)n1. The molecular formula is C21H26N6O3. The lowest BCUT2D eigenvalue weighted by atomic mass is 10.2. The molecule has 1 amide bonds. The predicted octanol–water partition coefficient (Wildman–Crippen LogP) is 2.55. The molecule has 0 unspecified atom stereocenters. The second kappa shape index (κ2) is 8.76. The van der Waals surface area contributed by atoms with E-state index in [1.807, 2.05) is 39.0 Å². The van der Waals surface area contributed by atoms with Gasteiger partial charge in [-0.2, -0.15) is 5.10 Å². The Hall–Kier alpha value is -3.04. The maximum atomic E-state index is 12.4.